The van der Waals surface area contributed by atoms with E-state index < -0.39 is 49.1 Å². The van der Waals surface area contributed by atoms with Crippen molar-refractivity contribution in [2.24, 2.45) is 11.5 Å². The highest BCUT2D eigenvalue weighted by Crippen LogP contribution is 2.37. The van der Waals surface area contributed by atoms with E-state index in [4.69, 9.17) is 11.5 Å². The lowest BCUT2D eigenvalue weighted by Crippen LogP contribution is -2.47. The zero-order chi connectivity index (χ0) is 32.7. The Hall–Kier alpha value is -3.30. The highest BCUT2D eigenvalue weighted by molar-refractivity contribution is 5.89. The zero-order valence-corrected chi connectivity index (χ0v) is 25.6. The number of aryl methyl sites for hydroxylation is 2. The summed E-state index contributed by atoms with van der Waals surface area (Å²) in [5.41, 5.74) is 10.1. The van der Waals surface area contributed by atoms with Crippen LogP contribution in [0, 0.1) is 13.8 Å². The minimum Gasteiger partial charge on any atom is -0.507 e. The first kappa shape index (κ1) is 35.2. The summed E-state index contributed by atoms with van der Waals surface area (Å²) in [6.07, 6.45) is 0.845. The van der Waals surface area contributed by atoms with Gasteiger partial charge in [0, 0.05) is 61.5 Å². The largest absolute Gasteiger partial charge is 0.507 e. The number of aliphatic hydroxyl groups is 4. The van der Waals surface area contributed by atoms with E-state index in [9.17, 15) is 40.2 Å². The summed E-state index contributed by atoms with van der Waals surface area (Å²) < 4.78 is 0. The van der Waals surface area contributed by atoms with Gasteiger partial charge in [0.1, 0.15) is 22.3 Å². The normalized spacial score (nSPS) is 16.1. The van der Waals surface area contributed by atoms with Crippen molar-refractivity contribution in [2.75, 3.05) is 65.7 Å². The van der Waals surface area contributed by atoms with E-state index in [-0.39, 0.29) is 22.6 Å². The topological polar surface area (TPSA) is 226 Å². The number of aliphatic hydroxyl groups excluding tert-OH is 4. The first-order valence-electron chi connectivity index (χ1n) is 14.7. The fraction of sp³-hybridized carbons (Fsp3) is 0.548. The van der Waals surface area contributed by atoms with Crippen LogP contribution in [0.4, 0.5) is 0 Å². The maximum absolute atomic E-state index is 12.3. The molecule has 0 saturated carbocycles. The van der Waals surface area contributed by atoms with Gasteiger partial charge in [-0.1, -0.05) is 35.4 Å². The van der Waals surface area contributed by atoms with Crippen LogP contribution in [0.25, 0.3) is 0 Å². The molecule has 2 aromatic rings. The predicted octanol–water partition coefficient (Wildman–Crippen LogP) is -1.57. The Kier molecular flexibility index (Phi) is 12.1. The van der Waals surface area contributed by atoms with Gasteiger partial charge in [0.15, 0.2) is 0 Å². The van der Waals surface area contributed by atoms with Crippen LogP contribution in [0.1, 0.15) is 39.8 Å². The van der Waals surface area contributed by atoms with E-state index in [0.29, 0.717) is 56.9 Å². The van der Waals surface area contributed by atoms with Crippen LogP contribution < -0.4 is 16.8 Å². The number of rotatable bonds is 12. The summed E-state index contributed by atoms with van der Waals surface area (Å²) >= 11 is 0. The van der Waals surface area contributed by atoms with Gasteiger partial charge < -0.3 is 47.4 Å². The van der Waals surface area contributed by atoms with E-state index in [1.807, 2.05) is 0 Å². The molecule has 0 aromatic heterocycles. The van der Waals surface area contributed by atoms with Gasteiger partial charge in [0.25, 0.3) is 0 Å². The number of hydrogen-bond donors (Lipinski definition) is 9. The van der Waals surface area contributed by atoms with Crippen LogP contribution >= 0.6 is 0 Å². The molecule has 0 aliphatic carbocycles. The third-order valence-corrected chi connectivity index (χ3v) is 8.67. The quantitative estimate of drug-likeness (QED) is 0.132. The van der Waals surface area contributed by atoms with Gasteiger partial charge in [-0.05, 0) is 33.4 Å². The Morgan fingerprint density at radius 1 is 0.705 bits per heavy atom. The van der Waals surface area contributed by atoms with Crippen molar-refractivity contribution in [1.29, 1.82) is 0 Å². The SMILES string of the molecule is Cc1cc(CN2CCCNCCN(Cc3cc(C)cc(C(CO)(CO)C(N)=O)c3O)CC2)c(O)c(C(CO)(CO)C(N)=O)c1. The van der Waals surface area contributed by atoms with Gasteiger partial charge in [-0.25, -0.2) is 0 Å². The summed E-state index contributed by atoms with van der Waals surface area (Å²) in [5.74, 6) is -2.29. The average molecular weight is 618 g/mol. The molecule has 1 saturated heterocycles. The molecule has 1 aliphatic heterocycles. The highest BCUT2D eigenvalue weighted by Gasteiger charge is 2.42. The third kappa shape index (κ3) is 7.32. The van der Waals surface area contributed by atoms with E-state index >= 15 is 0 Å². The van der Waals surface area contributed by atoms with E-state index in [0.717, 1.165) is 24.1 Å². The van der Waals surface area contributed by atoms with Gasteiger partial charge >= 0.3 is 0 Å². The molecule has 1 heterocycles. The molecule has 13 heteroatoms. The molecule has 44 heavy (non-hydrogen) atoms. The van der Waals surface area contributed by atoms with Crippen LogP contribution in [-0.4, -0.2) is 118 Å². The van der Waals surface area contributed by atoms with Crippen molar-refractivity contribution in [3.8, 4) is 11.5 Å². The van der Waals surface area contributed by atoms with Gasteiger partial charge in [-0.3, -0.25) is 19.4 Å². The number of primary amides is 2. The van der Waals surface area contributed by atoms with Crippen molar-refractivity contribution in [3.63, 3.8) is 0 Å². The van der Waals surface area contributed by atoms with Crippen LogP contribution in [-0.2, 0) is 33.5 Å². The first-order valence-corrected chi connectivity index (χ1v) is 14.7. The number of hydrogen-bond acceptors (Lipinski definition) is 11. The monoisotopic (exact) mass is 617 g/mol. The summed E-state index contributed by atoms with van der Waals surface area (Å²) in [4.78, 5) is 28.8. The fourth-order valence-corrected chi connectivity index (χ4v) is 5.79. The average Bonchev–Trinajstić information content (AvgIpc) is 2.98. The summed E-state index contributed by atoms with van der Waals surface area (Å²) in [6, 6.07) is 6.69. The number of carbonyl (C=O) groups is 2. The second-order valence-corrected chi connectivity index (χ2v) is 11.8. The van der Waals surface area contributed by atoms with Gasteiger partial charge in [-0.2, -0.15) is 0 Å². The summed E-state index contributed by atoms with van der Waals surface area (Å²) in [6.45, 7) is 5.14. The number of nitrogens with zero attached hydrogens (tertiary/aromatic N) is 2. The molecule has 0 bridgehead atoms. The molecule has 0 atom stereocenters. The van der Waals surface area contributed by atoms with Crippen LogP contribution in [0.3, 0.4) is 0 Å². The molecule has 0 unspecified atom stereocenters. The minimum atomic E-state index is -1.83. The third-order valence-electron chi connectivity index (χ3n) is 8.67. The molecule has 1 aliphatic rings. The van der Waals surface area contributed by atoms with Gasteiger partial charge in [-0.15, -0.1) is 0 Å². The van der Waals surface area contributed by atoms with Crippen molar-refractivity contribution in [3.05, 3.63) is 57.6 Å². The molecule has 3 rings (SSSR count). The molecule has 0 radical (unpaired) electrons. The number of phenols is 2. The maximum atomic E-state index is 12.3. The number of nitrogens with one attached hydrogen (secondary N) is 1. The molecule has 13 nitrogen and oxygen atoms in total. The van der Waals surface area contributed by atoms with E-state index in [1.54, 1.807) is 38.1 Å². The lowest BCUT2D eigenvalue weighted by molar-refractivity contribution is -0.127. The number of amides is 2. The molecule has 244 valence electrons. The summed E-state index contributed by atoms with van der Waals surface area (Å²) in [5, 5.41) is 65.8. The van der Waals surface area contributed by atoms with Gasteiger partial charge in [0.05, 0.1) is 26.4 Å². The smallest absolute Gasteiger partial charge is 0.232 e. The molecule has 2 aromatic carbocycles. The molecule has 0 spiro atoms. The van der Waals surface area contributed by atoms with Crippen molar-refractivity contribution in [1.82, 2.24) is 15.1 Å². The van der Waals surface area contributed by atoms with E-state index in [2.05, 4.69) is 15.1 Å². The lowest BCUT2D eigenvalue weighted by atomic mass is 9.79. The maximum Gasteiger partial charge on any atom is 0.232 e. The van der Waals surface area contributed by atoms with Crippen molar-refractivity contribution in [2.45, 2.75) is 44.2 Å². The Labute approximate surface area is 257 Å². The Morgan fingerprint density at radius 2 is 1.11 bits per heavy atom. The Balaban J connectivity index is 1.89. The number of nitrogens with two attached hydrogens (primary N) is 2. The van der Waals surface area contributed by atoms with Crippen LogP contribution in [0.15, 0.2) is 24.3 Å². The number of carbonyl (C=O) groups excluding carboxylic acids is 2. The first-order chi connectivity index (χ1) is 20.9. The highest BCUT2D eigenvalue weighted by atomic mass is 16.3. The summed E-state index contributed by atoms with van der Waals surface area (Å²) in [7, 11) is 0. The molecule has 2 amide bonds. The Bertz CT molecular complexity index is 1210. The standard InChI is InChI=1S/C31H47N5O8/c1-20-10-22(26(41)24(12-20)30(16-37,17-38)28(32)43)14-35-6-3-4-34-5-7-36(9-8-35)15-23-11-21(2)13-25(27(23)42)31(18-39,19-40)29(33)44/h10-13,34,37-42H,3-9,14-19H2,1-2H3,(H2,32,43)(H2,33,44). The molecular formula is C31H47N5O8. The fourth-order valence-electron chi connectivity index (χ4n) is 5.79. The number of aromatic hydroxyl groups is 2. The minimum absolute atomic E-state index is 0.0781. The molecule has 1 fully saturated rings. The molecular weight excluding hydrogens is 570 g/mol. The van der Waals surface area contributed by atoms with Crippen molar-refractivity contribution >= 4 is 11.8 Å². The van der Waals surface area contributed by atoms with Crippen molar-refractivity contribution < 1.29 is 40.2 Å². The van der Waals surface area contributed by atoms with Gasteiger partial charge in [0.2, 0.25) is 11.8 Å². The second-order valence-electron chi connectivity index (χ2n) is 11.8. The van der Waals surface area contributed by atoms with Crippen LogP contribution in [0.5, 0.6) is 11.5 Å². The molecule has 11 N–H and O–H groups in total. The zero-order valence-electron chi connectivity index (χ0n) is 25.6. The number of phenolic OH excluding ortho intramolecular Hbond substituents is 2. The second kappa shape index (κ2) is 15.1. The predicted molar refractivity (Wildman–Crippen MR) is 164 cm³/mol. The lowest BCUT2D eigenvalue weighted by Gasteiger charge is -2.32. The van der Waals surface area contributed by atoms with Crippen LogP contribution in [0.2, 0.25) is 0 Å². The Morgan fingerprint density at radius 3 is 1.50 bits per heavy atom. The number of benzene rings is 2. The van der Waals surface area contributed by atoms with E-state index in [1.165, 1.54) is 0 Å².